The van der Waals surface area contributed by atoms with E-state index < -0.39 is 23.0 Å². The number of rotatable bonds is 4. The molecule has 0 saturated carbocycles. The highest BCUT2D eigenvalue weighted by molar-refractivity contribution is 6.42. The first kappa shape index (κ1) is 15.5. The van der Waals surface area contributed by atoms with Gasteiger partial charge in [0.05, 0.1) is 27.1 Å². The van der Waals surface area contributed by atoms with Gasteiger partial charge < -0.3 is 9.84 Å². The predicted octanol–water partition coefficient (Wildman–Crippen LogP) is 4.33. The van der Waals surface area contributed by atoms with E-state index in [0.717, 1.165) is 18.2 Å². The molecule has 0 atom stereocenters. The van der Waals surface area contributed by atoms with E-state index in [1.165, 1.54) is 12.1 Å². The van der Waals surface area contributed by atoms with Crippen LogP contribution >= 0.6 is 23.2 Å². The molecular weight excluding hydrogens is 324 g/mol. The number of nitro groups is 1. The van der Waals surface area contributed by atoms with Gasteiger partial charge in [-0.1, -0.05) is 29.3 Å². The Morgan fingerprint density at radius 3 is 2.52 bits per heavy atom. The number of nitrogens with zero attached hydrogens (tertiary/aromatic N) is 1. The van der Waals surface area contributed by atoms with E-state index in [1.807, 2.05) is 0 Å². The average molecular weight is 332 g/mol. The van der Waals surface area contributed by atoms with E-state index in [1.54, 1.807) is 0 Å². The van der Waals surface area contributed by atoms with Crippen LogP contribution in [0.15, 0.2) is 30.3 Å². The summed E-state index contributed by atoms with van der Waals surface area (Å²) in [5, 5.41) is 20.2. The van der Waals surface area contributed by atoms with E-state index in [0.29, 0.717) is 0 Å². The van der Waals surface area contributed by atoms with Crippen LogP contribution in [0.2, 0.25) is 10.0 Å². The minimum Gasteiger partial charge on any atom is -0.450 e. The Morgan fingerprint density at radius 2 is 1.90 bits per heavy atom. The van der Waals surface area contributed by atoms with Crippen LogP contribution in [0.3, 0.4) is 0 Å². The molecule has 1 N–H and O–H groups in total. The number of ether oxygens (including phenoxy) is 1. The van der Waals surface area contributed by atoms with Crippen molar-refractivity contribution in [2.45, 2.75) is 6.61 Å². The molecular formula is C13H8Cl2FNO4. The molecule has 21 heavy (non-hydrogen) atoms. The van der Waals surface area contributed by atoms with Gasteiger partial charge in [-0.15, -0.1) is 0 Å². The highest BCUT2D eigenvalue weighted by atomic mass is 35.5. The molecule has 0 bridgehead atoms. The van der Waals surface area contributed by atoms with Crippen molar-refractivity contribution in [3.8, 4) is 11.5 Å². The molecule has 110 valence electrons. The van der Waals surface area contributed by atoms with Crippen molar-refractivity contribution in [2.24, 2.45) is 0 Å². The molecule has 0 aliphatic rings. The molecule has 8 heteroatoms. The van der Waals surface area contributed by atoms with Gasteiger partial charge in [0.2, 0.25) is 5.75 Å². The first-order valence-electron chi connectivity index (χ1n) is 5.63. The smallest absolute Gasteiger partial charge is 0.313 e. The summed E-state index contributed by atoms with van der Waals surface area (Å²) < 4.78 is 18.9. The zero-order chi connectivity index (χ0) is 15.6. The van der Waals surface area contributed by atoms with Crippen LogP contribution in [0.25, 0.3) is 0 Å². The molecule has 0 radical (unpaired) electrons. The maximum absolute atomic E-state index is 13.5. The molecule has 0 aromatic heterocycles. The van der Waals surface area contributed by atoms with Crippen molar-refractivity contribution in [1.82, 2.24) is 0 Å². The second-order valence-corrected chi connectivity index (χ2v) is 4.78. The highest BCUT2D eigenvalue weighted by Crippen LogP contribution is 2.39. The fourth-order valence-electron chi connectivity index (χ4n) is 1.65. The summed E-state index contributed by atoms with van der Waals surface area (Å²) in [4.78, 5) is 10.3. The molecule has 0 unspecified atom stereocenters. The van der Waals surface area contributed by atoms with Gasteiger partial charge in [0.25, 0.3) is 0 Å². The monoisotopic (exact) mass is 331 g/mol. The van der Waals surface area contributed by atoms with Crippen molar-refractivity contribution >= 4 is 28.9 Å². The fourth-order valence-corrected chi connectivity index (χ4v) is 1.96. The molecule has 2 rings (SSSR count). The summed E-state index contributed by atoms with van der Waals surface area (Å²) in [7, 11) is 0. The van der Waals surface area contributed by atoms with Gasteiger partial charge in [-0.25, -0.2) is 4.39 Å². The topological polar surface area (TPSA) is 72.6 Å². The largest absolute Gasteiger partial charge is 0.450 e. The molecule has 0 spiro atoms. The number of aliphatic hydroxyl groups is 1. The second-order valence-electron chi connectivity index (χ2n) is 3.97. The summed E-state index contributed by atoms with van der Waals surface area (Å²) in [5.74, 6) is -0.925. The Labute approximate surface area is 128 Å². The fraction of sp³-hybridized carbons (Fsp3) is 0.0769. The summed E-state index contributed by atoms with van der Waals surface area (Å²) >= 11 is 11.5. The van der Waals surface area contributed by atoms with Gasteiger partial charge in [0.15, 0.2) is 0 Å². The Balaban J connectivity index is 2.51. The minimum atomic E-state index is -0.699. The number of hydrogen-bond acceptors (Lipinski definition) is 4. The van der Waals surface area contributed by atoms with Crippen molar-refractivity contribution in [3.63, 3.8) is 0 Å². The number of aliphatic hydroxyl groups excluding tert-OH is 1. The normalized spacial score (nSPS) is 10.5. The molecule has 0 saturated heterocycles. The van der Waals surface area contributed by atoms with Gasteiger partial charge in [-0.2, -0.15) is 0 Å². The van der Waals surface area contributed by atoms with Crippen LogP contribution < -0.4 is 4.74 Å². The Bertz CT molecular complexity index is 709. The van der Waals surface area contributed by atoms with Crippen LogP contribution in [0.5, 0.6) is 11.5 Å². The summed E-state index contributed by atoms with van der Waals surface area (Å²) in [6, 6.07) is 6.07. The zero-order valence-corrected chi connectivity index (χ0v) is 11.9. The summed E-state index contributed by atoms with van der Waals surface area (Å²) in [6.07, 6.45) is 0. The molecule has 5 nitrogen and oxygen atoms in total. The first-order chi connectivity index (χ1) is 9.93. The predicted molar refractivity (Wildman–Crippen MR) is 75.5 cm³/mol. The lowest BCUT2D eigenvalue weighted by molar-refractivity contribution is -0.385. The van der Waals surface area contributed by atoms with E-state index in [-0.39, 0.29) is 27.1 Å². The number of halogens is 3. The van der Waals surface area contributed by atoms with Crippen LogP contribution in [0, 0.1) is 15.9 Å². The number of nitro benzene ring substituents is 1. The van der Waals surface area contributed by atoms with Crippen molar-refractivity contribution < 1.29 is 19.2 Å². The van der Waals surface area contributed by atoms with Gasteiger partial charge >= 0.3 is 5.69 Å². The minimum absolute atomic E-state index is 0.00246. The van der Waals surface area contributed by atoms with Crippen molar-refractivity contribution in [3.05, 3.63) is 61.9 Å². The molecule has 0 aliphatic carbocycles. The molecule has 0 fully saturated rings. The SMILES string of the molecule is O=[N+]([O-])c1cc(Cl)c(Cl)cc1Oc1cccc(F)c1CO. The third-order valence-corrected chi connectivity index (χ3v) is 3.37. The highest BCUT2D eigenvalue weighted by Gasteiger charge is 2.20. The van der Waals surface area contributed by atoms with E-state index in [4.69, 9.17) is 33.0 Å². The van der Waals surface area contributed by atoms with E-state index in [2.05, 4.69) is 0 Å². The quantitative estimate of drug-likeness (QED) is 0.668. The maximum Gasteiger partial charge on any atom is 0.313 e. The molecule has 2 aromatic rings. The zero-order valence-electron chi connectivity index (χ0n) is 10.3. The van der Waals surface area contributed by atoms with E-state index in [9.17, 15) is 14.5 Å². The molecule has 0 heterocycles. The molecule has 0 amide bonds. The Kier molecular flexibility index (Phi) is 4.62. The van der Waals surface area contributed by atoms with Gasteiger partial charge in [-0.05, 0) is 12.1 Å². The third-order valence-electron chi connectivity index (χ3n) is 2.65. The Hall–Kier alpha value is -1.89. The van der Waals surface area contributed by atoms with Gasteiger partial charge in [-0.3, -0.25) is 10.1 Å². The average Bonchev–Trinajstić information content (AvgIpc) is 2.42. The van der Waals surface area contributed by atoms with Crippen molar-refractivity contribution in [1.29, 1.82) is 0 Å². The third kappa shape index (κ3) is 3.24. The lowest BCUT2D eigenvalue weighted by Crippen LogP contribution is -1.98. The first-order valence-corrected chi connectivity index (χ1v) is 6.39. The molecule has 0 aliphatic heterocycles. The van der Waals surface area contributed by atoms with Crippen LogP contribution in [-0.4, -0.2) is 10.0 Å². The Morgan fingerprint density at radius 1 is 1.24 bits per heavy atom. The van der Waals surface area contributed by atoms with Gasteiger partial charge in [0.1, 0.15) is 11.6 Å². The maximum atomic E-state index is 13.5. The van der Waals surface area contributed by atoms with Crippen LogP contribution in [0.1, 0.15) is 5.56 Å². The number of benzene rings is 2. The summed E-state index contributed by atoms with van der Waals surface area (Å²) in [6.45, 7) is -0.614. The van der Waals surface area contributed by atoms with Crippen LogP contribution in [0.4, 0.5) is 10.1 Å². The standard InChI is InChI=1S/C13H8Cl2FNO4/c14-8-4-11(17(19)20)13(5-9(8)15)21-12-3-1-2-10(16)7(12)6-18/h1-5,18H,6H2. The second kappa shape index (κ2) is 6.26. The number of hydrogen-bond donors (Lipinski definition) is 1. The lowest BCUT2D eigenvalue weighted by Gasteiger charge is -2.11. The summed E-state index contributed by atoms with van der Waals surface area (Å²) in [5.41, 5.74) is -0.532. The lowest BCUT2D eigenvalue weighted by atomic mass is 10.2. The van der Waals surface area contributed by atoms with E-state index >= 15 is 0 Å². The van der Waals surface area contributed by atoms with Crippen molar-refractivity contribution in [2.75, 3.05) is 0 Å². The van der Waals surface area contributed by atoms with Crippen LogP contribution in [-0.2, 0) is 6.61 Å². The van der Waals surface area contributed by atoms with Gasteiger partial charge in [0, 0.05) is 12.1 Å². The molecule has 2 aromatic carbocycles.